The lowest BCUT2D eigenvalue weighted by Gasteiger charge is -2.34. The van der Waals surface area contributed by atoms with Crippen LogP contribution in [0, 0.1) is 11.3 Å². The van der Waals surface area contributed by atoms with Crippen LogP contribution in [-0.2, 0) is 11.2 Å². The molecule has 2 atom stereocenters. The van der Waals surface area contributed by atoms with Gasteiger partial charge in [-0.2, -0.15) is 0 Å². The zero-order valence-electron chi connectivity index (χ0n) is 22.3. The van der Waals surface area contributed by atoms with Crippen molar-refractivity contribution in [1.29, 1.82) is 0 Å². The lowest BCUT2D eigenvalue weighted by atomic mass is 9.95. The fraction of sp³-hybridized carbons (Fsp3) is 0.786. The van der Waals surface area contributed by atoms with Gasteiger partial charge in [-0.1, -0.05) is 108 Å². The van der Waals surface area contributed by atoms with Crippen LogP contribution in [0.4, 0.5) is 0 Å². The summed E-state index contributed by atoms with van der Waals surface area (Å²) in [4.78, 5) is 0. The first-order chi connectivity index (χ1) is 14.2. The molecule has 0 N–H and O–H groups in total. The molecule has 0 aromatic heterocycles. The van der Waals surface area contributed by atoms with Crippen LogP contribution in [-0.4, -0.2) is 12.4 Å². The molecule has 0 fully saturated rings. The highest BCUT2D eigenvalue weighted by atomic mass is 16.7. The van der Waals surface area contributed by atoms with Crippen LogP contribution < -0.4 is 4.74 Å². The third kappa shape index (κ3) is 15.8. The molecule has 2 heteroatoms. The lowest BCUT2D eigenvalue weighted by Crippen LogP contribution is -2.38. The van der Waals surface area contributed by atoms with E-state index in [1.54, 1.807) is 0 Å². The minimum absolute atomic E-state index is 0.0581. The van der Waals surface area contributed by atoms with Gasteiger partial charge in [0.2, 0.25) is 6.29 Å². The maximum atomic E-state index is 6.30. The van der Waals surface area contributed by atoms with Crippen molar-refractivity contribution in [2.45, 2.75) is 134 Å². The number of rotatable bonds is 11. The Morgan fingerprint density at radius 1 is 0.800 bits per heavy atom. The quantitative estimate of drug-likeness (QED) is 0.330. The maximum Gasteiger partial charge on any atom is 0.204 e. The first-order valence-electron chi connectivity index (χ1n) is 12.6. The smallest absolute Gasteiger partial charge is 0.204 e. The van der Waals surface area contributed by atoms with Crippen LogP contribution in [0.3, 0.4) is 0 Å². The molecular weight excluding hydrogens is 368 g/mol. The third-order valence-electron chi connectivity index (χ3n) is 4.77. The van der Waals surface area contributed by atoms with E-state index in [0.717, 1.165) is 37.4 Å². The summed E-state index contributed by atoms with van der Waals surface area (Å²) in [6.07, 6.45) is 8.28. The van der Waals surface area contributed by atoms with Crippen molar-refractivity contribution in [3.05, 3.63) is 29.8 Å². The lowest BCUT2D eigenvalue weighted by molar-refractivity contribution is -0.173. The fourth-order valence-corrected chi connectivity index (χ4v) is 2.59. The van der Waals surface area contributed by atoms with Crippen molar-refractivity contribution in [3.8, 4) is 5.75 Å². The minimum atomic E-state index is -0.226. The summed E-state index contributed by atoms with van der Waals surface area (Å²) in [6.45, 7) is 23.8. The van der Waals surface area contributed by atoms with Gasteiger partial charge in [-0.3, -0.25) is 0 Å². The number of hydrogen-bond donors (Lipinski definition) is 0. The van der Waals surface area contributed by atoms with Gasteiger partial charge >= 0.3 is 0 Å². The molecule has 2 nitrogen and oxygen atoms in total. The summed E-state index contributed by atoms with van der Waals surface area (Å²) < 4.78 is 12.5. The zero-order valence-corrected chi connectivity index (χ0v) is 22.3. The van der Waals surface area contributed by atoms with E-state index < -0.39 is 0 Å². The number of hydrogen-bond acceptors (Lipinski definition) is 2. The molecule has 0 amide bonds. The zero-order chi connectivity index (χ0) is 23.6. The van der Waals surface area contributed by atoms with Crippen LogP contribution in [0.25, 0.3) is 0 Å². The monoisotopic (exact) mass is 422 g/mol. The Kier molecular flexibility index (Phi) is 19.5. The summed E-state index contributed by atoms with van der Waals surface area (Å²) in [6, 6.07) is 8.53. The van der Waals surface area contributed by atoms with E-state index in [0.29, 0.717) is 0 Å². The van der Waals surface area contributed by atoms with Gasteiger partial charge in [-0.25, -0.2) is 0 Å². The molecule has 0 heterocycles. The predicted octanol–water partition coefficient (Wildman–Crippen LogP) is 9.45. The Morgan fingerprint density at radius 2 is 1.33 bits per heavy atom. The molecule has 0 saturated carbocycles. The second kappa shape index (κ2) is 18.7. The fourth-order valence-electron chi connectivity index (χ4n) is 2.59. The first-order valence-corrected chi connectivity index (χ1v) is 12.6. The molecule has 0 aliphatic rings. The minimum Gasteiger partial charge on any atom is -0.464 e. The van der Waals surface area contributed by atoms with Crippen LogP contribution >= 0.6 is 0 Å². The van der Waals surface area contributed by atoms with Crippen LogP contribution in [0.15, 0.2) is 24.3 Å². The molecule has 2 unspecified atom stereocenters. The Bertz CT molecular complexity index is 468. The Balaban J connectivity index is 0. The van der Waals surface area contributed by atoms with E-state index in [4.69, 9.17) is 9.47 Å². The van der Waals surface area contributed by atoms with E-state index in [1.165, 1.54) is 24.8 Å². The molecule has 178 valence electrons. The summed E-state index contributed by atoms with van der Waals surface area (Å²) in [5, 5.41) is 0. The predicted molar refractivity (Wildman–Crippen MR) is 135 cm³/mol. The van der Waals surface area contributed by atoms with Gasteiger partial charge in [-0.05, 0) is 49.3 Å². The molecule has 0 aliphatic carbocycles. The largest absolute Gasteiger partial charge is 0.464 e. The summed E-state index contributed by atoms with van der Waals surface area (Å²) in [5.41, 5.74) is 1.32. The van der Waals surface area contributed by atoms with Gasteiger partial charge < -0.3 is 9.47 Å². The standard InChI is InChI=1S/C22H38O2.C4H10.C2H6/c1-8-10-19(9-2)23-21(22(5,6)7)24-20-15-13-18(14-16-20)12-11-17(3)4;1-3-4-2;1-2/h13-17,19,21H,8-12H2,1-7H3;3-4H2,1-2H3;1-2H3. The number of benzene rings is 1. The second-order valence-corrected chi connectivity index (χ2v) is 9.35. The second-order valence-electron chi connectivity index (χ2n) is 9.35. The molecule has 1 aromatic rings. The normalized spacial score (nSPS) is 12.9. The molecule has 0 saturated heterocycles. The average Bonchev–Trinajstić information content (AvgIpc) is 2.73. The average molecular weight is 423 g/mol. The van der Waals surface area contributed by atoms with Gasteiger partial charge in [0.1, 0.15) is 5.75 Å². The number of ether oxygens (including phenoxy) is 2. The van der Waals surface area contributed by atoms with E-state index in [1.807, 2.05) is 13.8 Å². The molecule has 0 radical (unpaired) electrons. The van der Waals surface area contributed by atoms with Crippen LogP contribution in [0.5, 0.6) is 5.75 Å². The van der Waals surface area contributed by atoms with Crippen LogP contribution in [0.2, 0.25) is 0 Å². The van der Waals surface area contributed by atoms with E-state index in [2.05, 4.69) is 86.6 Å². The SMILES string of the molecule is CC.CCCC.CCCC(CC)OC(Oc1ccc(CCC(C)C)cc1)C(C)(C)C. The Morgan fingerprint density at radius 3 is 1.70 bits per heavy atom. The van der Waals surface area contributed by atoms with E-state index in [-0.39, 0.29) is 17.8 Å². The Labute approximate surface area is 190 Å². The molecular formula is C28H54O2. The van der Waals surface area contributed by atoms with Crippen LogP contribution in [0.1, 0.15) is 120 Å². The third-order valence-corrected chi connectivity index (χ3v) is 4.77. The molecule has 0 aliphatic heterocycles. The van der Waals surface area contributed by atoms with Gasteiger partial charge in [0.15, 0.2) is 0 Å². The maximum absolute atomic E-state index is 6.30. The van der Waals surface area contributed by atoms with Crippen molar-refractivity contribution in [1.82, 2.24) is 0 Å². The van der Waals surface area contributed by atoms with Gasteiger partial charge in [0, 0.05) is 5.41 Å². The van der Waals surface area contributed by atoms with Gasteiger partial charge in [-0.15, -0.1) is 0 Å². The highest BCUT2D eigenvalue weighted by Gasteiger charge is 2.29. The van der Waals surface area contributed by atoms with Crippen molar-refractivity contribution in [2.75, 3.05) is 0 Å². The van der Waals surface area contributed by atoms with Gasteiger partial charge in [0.25, 0.3) is 0 Å². The summed E-state index contributed by atoms with van der Waals surface area (Å²) in [5.74, 6) is 1.64. The van der Waals surface area contributed by atoms with Gasteiger partial charge in [0.05, 0.1) is 6.10 Å². The molecule has 30 heavy (non-hydrogen) atoms. The number of aryl methyl sites for hydroxylation is 1. The molecule has 1 aromatic carbocycles. The first kappa shape index (κ1) is 31.2. The molecule has 1 rings (SSSR count). The topological polar surface area (TPSA) is 18.5 Å². The Hall–Kier alpha value is -1.02. The number of unbranched alkanes of at least 4 members (excludes halogenated alkanes) is 1. The van der Waals surface area contributed by atoms with E-state index in [9.17, 15) is 0 Å². The summed E-state index contributed by atoms with van der Waals surface area (Å²) in [7, 11) is 0. The van der Waals surface area contributed by atoms with Crippen molar-refractivity contribution < 1.29 is 9.47 Å². The highest BCUT2D eigenvalue weighted by Crippen LogP contribution is 2.28. The summed E-state index contributed by atoms with van der Waals surface area (Å²) >= 11 is 0. The molecule has 0 bridgehead atoms. The molecule has 0 spiro atoms. The van der Waals surface area contributed by atoms with Crippen molar-refractivity contribution in [2.24, 2.45) is 11.3 Å². The highest BCUT2D eigenvalue weighted by molar-refractivity contribution is 5.27. The van der Waals surface area contributed by atoms with E-state index >= 15 is 0 Å². The van der Waals surface area contributed by atoms with Crippen molar-refractivity contribution >= 4 is 0 Å². The van der Waals surface area contributed by atoms with Crippen molar-refractivity contribution in [3.63, 3.8) is 0 Å².